The summed E-state index contributed by atoms with van der Waals surface area (Å²) in [4.78, 5) is 37.1. The molecule has 0 aliphatic heterocycles. The molecule has 1 heterocycles. The van der Waals surface area contributed by atoms with Gasteiger partial charge in [-0.1, -0.05) is 12.1 Å². The second kappa shape index (κ2) is 7.44. The maximum Gasteiger partial charge on any atom is 0.294 e. The largest absolute Gasteiger partial charge is 0.348 e. The number of rotatable bonds is 6. The third kappa shape index (κ3) is 3.95. The van der Waals surface area contributed by atoms with Gasteiger partial charge in [0.2, 0.25) is 0 Å². The van der Waals surface area contributed by atoms with E-state index in [-0.39, 0.29) is 23.5 Å². The van der Waals surface area contributed by atoms with Gasteiger partial charge in [0.1, 0.15) is 5.69 Å². The number of amides is 1. The minimum Gasteiger partial charge on any atom is -0.348 e. The summed E-state index contributed by atoms with van der Waals surface area (Å²) in [6, 6.07) is 9.89. The number of nitro groups is 2. The van der Waals surface area contributed by atoms with Crippen LogP contribution in [0.3, 0.4) is 0 Å². The fourth-order valence-corrected chi connectivity index (χ4v) is 2.45. The molecular formula is C17H13N5O5. The Morgan fingerprint density at radius 1 is 1.07 bits per heavy atom. The molecule has 0 saturated carbocycles. The Hall–Kier alpha value is -4.08. The van der Waals surface area contributed by atoms with Gasteiger partial charge in [0.15, 0.2) is 0 Å². The molecule has 1 amide bonds. The summed E-state index contributed by atoms with van der Waals surface area (Å²) in [5, 5.41) is 24.6. The van der Waals surface area contributed by atoms with Crippen LogP contribution in [0.25, 0.3) is 5.69 Å². The average Bonchev–Trinajstić information content (AvgIpc) is 3.20. The average molecular weight is 367 g/mol. The predicted molar refractivity (Wildman–Crippen MR) is 94.5 cm³/mol. The van der Waals surface area contributed by atoms with Gasteiger partial charge in [-0.2, -0.15) is 0 Å². The van der Waals surface area contributed by atoms with Gasteiger partial charge in [0.05, 0.1) is 16.2 Å². The summed E-state index contributed by atoms with van der Waals surface area (Å²) < 4.78 is 1.48. The van der Waals surface area contributed by atoms with Crippen molar-refractivity contribution < 1.29 is 14.6 Å². The molecule has 136 valence electrons. The van der Waals surface area contributed by atoms with Gasteiger partial charge in [-0.25, -0.2) is 4.98 Å². The second-order valence-corrected chi connectivity index (χ2v) is 5.54. The molecule has 0 unspecified atom stereocenters. The standard InChI is InChI=1S/C17H13N5O5/c23-17(19-10-12-1-4-14(5-2-12)21(24)25)13-3-6-15(16(9-13)22(26)27)20-8-7-18-11-20/h1-9,11H,10H2,(H,19,23). The number of imidazole rings is 1. The lowest BCUT2D eigenvalue weighted by atomic mass is 10.1. The molecule has 0 radical (unpaired) electrons. The van der Waals surface area contributed by atoms with Crippen LogP contribution in [-0.4, -0.2) is 25.3 Å². The van der Waals surface area contributed by atoms with Crippen LogP contribution in [0.1, 0.15) is 15.9 Å². The Morgan fingerprint density at radius 3 is 2.41 bits per heavy atom. The number of carbonyl (C=O) groups excluding carboxylic acids is 1. The number of non-ortho nitro benzene ring substituents is 1. The number of hydrogen-bond acceptors (Lipinski definition) is 6. The van der Waals surface area contributed by atoms with Gasteiger partial charge in [-0.15, -0.1) is 0 Å². The number of nitrogens with zero attached hydrogens (tertiary/aromatic N) is 4. The Balaban J connectivity index is 1.75. The fourth-order valence-electron chi connectivity index (χ4n) is 2.45. The molecular weight excluding hydrogens is 354 g/mol. The number of hydrogen-bond donors (Lipinski definition) is 1. The molecule has 1 aromatic heterocycles. The maximum absolute atomic E-state index is 12.3. The summed E-state index contributed by atoms with van der Waals surface area (Å²) in [5.41, 5.74) is 0.821. The minimum atomic E-state index is -0.567. The Kier molecular flexibility index (Phi) is 4.88. The highest BCUT2D eigenvalue weighted by Crippen LogP contribution is 2.24. The van der Waals surface area contributed by atoms with Crippen molar-refractivity contribution in [2.75, 3.05) is 0 Å². The first-order valence-electron chi connectivity index (χ1n) is 7.74. The molecule has 3 rings (SSSR count). The van der Waals surface area contributed by atoms with E-state index in [0.717, 1.165) is 0 Å². The Morgan fingerprint density at radius 2 is 1.81 bits per heavy atom. The maximum atomic E-state index is 12.3. The summed E-state index contributed by atoms with van der Waals surface area (Å²) >= 11 is 0. The minimum absolute atomic E-state index is 0.0456. The lowest BCUT2D eigenvalue weighted by molar-refractivity contribution is -0.384. The Labute approximate surface area is 152 Å². The molecule has 27 heavy (non-hydrogen) atoms. The normalized spacial score (nSPS) is 10.4. The van der Waals surface area contributed by atoms with E-state index in [2.05, 4.69) is 10.3 Å². The van der Waals surface area contributed by atoms with Crippen molar-refractivity contribution in [3.63, 3.8) is 0 Å². The van der Waals surface area contributed by atoms with Crippen molar-refractivity contribution in [2.24, 2.45) is 0 Å². The molecule has 0 aliphatic rings. The van der Waals surface area contributed by atoms with E-state index in [1.807, 2.05) is 0 Å². The highest BCUT2D eigenvalue weighted by atomic mass is 16.6. The van der Waals surface area contributed by atoms with Gasteiger partial charge in [0.25, 0.3) is 17.3 Å². The first-order valence-corrected chi connectivity index (χ1v) is 7.74. The topological polar surface area (TPSA) is 133 Å². The quantitative estimate of drug-likeness (QED) is 0.526. The van der Waals surface area contributed by atoms with E-state index in [1.165, 1.54) is 59.6 Å². The summed E-state index contributed by atoms with van der Waals surface area (Å²) in [5.74, 6) is -0.492. The first-order chi connectivity index (χ1) is 13.0. The smallest absolute Gasteiger partial charge is 0.294 e. The van der Waals surface area contributed by atoms with E-state index < -0.39 is 15.8 Å². The fraction of sp³-hybridized carbons (Fsp3) is 0.0588. The second-order valence-electron chi connectivity index (χ2n) is 5.54. The third-order valence-corrected chi connectivity index (χ3v) is 3.82. The molecule has 1 N–H and O–H groups in total. The highest BCUT2D eigenvalue weighted by molar-refractivity contribution is 5.95. The molecule has 0 saturated heterocycles. The summed E-state index contributed by atoms with van der Waals surface area (Å²) in [7, 11) is 0. The van der Waals surface area contributed by atoms with Crippen molar-refractivity contribution in [2.45, 2.75) is 6.54 Å². The van der Waals surface area contributed by atoms with Gasteiger partial charge in [0, 0.05) is 42.7 Å². The van der Waals surface area contributed by atoms with Crippen molar-refractivity contribution in [3.8, 4) is 5.69 Å². The number of nitrogens with one attached hydrogen (secondary N) is 1. The summed E-state index contributed by atoms with van der Waals surface area (Å²) in [6.07, 6.45) is 4.49. The van der Waals surface area contributed by atoms with Crippen LogP contribution in [0.4, 0.5) is 11.4 Å². The first kappa shape index (κ1) is 17.7. The van der Waals surface area contributed by atoms with E-state index >= 15 is 0 Å². The van der Waals surface area contributed by atoms with Crippen molar-refractivity contribution in [1.29, 1.82) is 0 Å². The zero-order chi connectivity index (χ0) is 19.4. The molecule has 0 atom stereocenters. The van der Waals surface area contributed by atoms with Crippen LogP contribution in [0.5, 0.6) is 0 Å². The van der Waals surface area contributed by atoms with Gasteiger partial charge in [-0.05, 0) is 17.7 Å². The third-order valence-electron chi connectivity index (χ3n) is 3.82. The van der Waals surface area contributed by atoms with E-state index in [4.69, 9.17) is 0 Å². The van der Waals surface area contributed by atoms with Crippen LogP contribution in [-0.2, 0) is 6.54 Å². The monoisotopic (exact) mass is 367 g/mol. The van der Waals surface area contributed by atoms with E-state index in [1.54, 1.807) is 6.20 Å². The number of nitro benzene ring substituents is 2. The van der Waals surface area contributed by atoms with Gasteiger partial charge in [-0.3, -0.25) is 25.0 Å². The number of carbonyl (C=O) groups is 1. The van der Waals surface area contributed by atoms with E-state index in [9.17, 15) is 25.0 Å². The predicted octanol–water partition coefficient (Wildman–Crippen LogP) is 2.62. The van der Waals surface area contributed by atoms with Crippen LogP contribution in [0, 0.1) is 20.2 Å². The molecule has 2 aromatic carbocycles. The van der Waals surface area contributed by atoms with Crippen LogP contribution >= 0.6 is 0 Å². The Bertz CT molecular complexity index is 999. The molecule has 10 heteroatoms. The molecule has 0 aliphatic carbocycles. The molecule has 0 spiro atoms. The number of benzene rings is 2. The lowest BCUT2D eigenvalue weighted by Gasteiger charge is -2.08. The van der Waals surface area contributed by atoms with Crippen molar-refractivity contribution >= 4 is 17.3 Å². The zero-order valence-corrected chi connectivity index (χ0v) is 13.8. The molecule has 0 fully saturated rings. The van der Waals surface area contributed by atoms with Crippen LogP contribution in [0.2, 0.25) is 0 Å². The SMILES string of the molecule is O=C(NCc1ccc([N+](=O)[O-])cc1)c1ccc(-n2ccnc2)c([N+](=O)[O-])c1. The number of aromatic nitrogens is 2. The van der Waals surface area contributed by atoms with E-state index in [0.29, 0.717) is 11.3 Å². The lowest BCUT2D eigenvalue weighted by Crippen LogP contribution is -2.23. The highest BCUT2D eigenvalue weighted by Gasteiger charge is 2.18. The van der Waals surface area contributed by atoms with Gasteiger partial charge >= 0.3 is 0 Å². The van der Waals surface area contributed by atoms with Crippen molar-refractivity contribution in [1.82, 2.24) is 14.9 Å². The van der Waals surface area contributed by atoms with Gasteiger partial charge < -0.3 is 9.88 Å². The molecule has 3 aromatic rings. The van der Waals surface area contributed by atoms with Crippen LogP contribution < -0.4 is 5.32 Å². The molecule has 0 bridgehead atoms. The van der Waals surface area contributed by atoms with Crippen LogP contribution in [0.15, 0.2) is 61.2 Å². The molecule has 10 nitrogen and oxygen atoms in total. The summed E-state index contributed by atoms with van der Waals surface area (Å²) in [6.45, 7) is 0.133. The van der Waals surface area contributed by atoms with Crippen molar-refractivity contribution in [3.05, 3.63) is 92.5 Å². The zero-order valence-electron chi connectivity index (χ0n) is 13.8.